The number of carbonyl (C=O) groups is 1. The number of ether oxygens (including phenoxy) is 1. The second-order valence-corrected chi connectivity index (χ2v) is 4.70. The average Bonchev–Trinajstić information content (AvgIpc) is 2.14. The van der Waals surface area contributed by atoms with Gasteiger partial charge < -0.3 is 4.74 Å². The Morgan fingerprint density at radius 3 is 2.71 bits per heavy atom. The molecule has 0 saturated carbocycles. The Labute approximate surface area is 104 Å². The van der Waals surface area contributed by atoms with Gasteiger partial charge in [0.15, 0.2) is 0 Å². The quantitative estimate of drug-likeness (QED) is 0.835. The van der Waals surface area contributed by atoms with E-state index in [0.29, 0.717) is 0 Å². The van der Waals surface area contributed by atoms with Crippen molar-refractivity contribution in [2.45, 2.75) is 26.4 Å². The molecule has 1 aromatic heterocycles. The van der Waals surface area contributed by atoms with E-state index in [1.807, 2.05) is 6.07 Å². The predicted molar refractivity (Wildman–Crippen MR) is 63.8 cm³/mol. The molecule has 1 N–H and O–H groups in total. The van der Waals surface area contributed by atoms with E-state index in [1.54, 1.807) is 20.8 Å². The number of amides is 1. The molecule has 0 bridgehead atoms. The van der Waals surface area contributed by atoms with Crippen LogP contribution in [0.5, 0.6) is 0 Å². The SMILES string of the molecule is CC(C)(C)OC(=O)Nc1cc(Cl)c(C#N)cn1. The van der Waals surface area contributed by atoms with Crippen molar-refractivity contribution in [1.82, 2.24) is 4.98 Å². The Morgan fingerprint density at radius 1 is 1.59 bits per heavy atom. The van der Waals surface area contributed by atoms with Crippen LogP contribution in [0.25, 0.3) is 0 Å². The van der Waals surface area contributed by atoms with Crippen LogP contribution in [0.3, 0.4) is 0 Å². The fourth-order valence-electron chi connectivity index (χ4n) is 0.990. The number of nitrogens with zero attached hydrogens (tertiary/aromatic N) is 2. The molecule has 0 spiro atoms. The lowest BCUT2D eigenvalue weighted by molar-refractivity contribution is 0.0635. The van der Waals surface area contributed by atoms with Crippen molar-refractivity contribution in [3.63, 3.8) is 0 Å². The maximum absolute atomic E-state index is 11.4. The fraction of sp³-hybridized carbons (Fsp3) is 0.364. The summed E-state index contributed by atoms with van der Waals surface area (Å²) < 4.78 is 5.04. The Kier molecular flexibility index (Phi) is 3.92. The standard InChI is InChI=1S/C11H12ClN3O2/c1-11(2,3)17-10(16)15-9-4-8(12)7(5-13)6-14-9/h4,6H,1-3H3,(H,14,15,16). The molecule has 1 amide bonds. The minimum atomic E-state index is -0.620. The molecule has 0 atom stereocenters. The average molecular weight is 254 g/mol. The third-order valence-electron chi connectivity index (χ3n) is 1.60. The van der Waals surface area contributed by atoms with Crippen molar-refractivity contribution in [1.29, 1.82) is 5.26 Å². The summed E-state index contributed by atoms with van der Waals surface area (Å²) in [5.41, 5.74) is -0.332. The number of nitriles is 1. The van der Waals surface area contributed by atoms with E-state index < -0.39 is 11.7 Å². The first-order valence-corrected chi connectivity index (χ1v) is 5.25. The topological polar surface area (TPSA) is 75.0 Å². The lowest BCUT2D eigenvalue weighted by atomic mass is 10.2. The second kappa shape index (κ2) is 5.02. The van der Waals surface area contributed by atoms with E-state index in [2.05, 4.69) is 10.3 Å². The Balaban J connectivity index is 2.74. The van der Waals surface area contributed by atoms with Gasteiger partial charge in [0.1, 0.15) is 17.5 Å². The molecule has 0 unspecified atom stereocenters. The molecular weight excluding hydrogens is 242 g/mol. The highest BCUT2D eigenvalue weighted by Crippen LogP contribution is 2.18. The number of nitrogens with one attached hydrogen (secondary N) is 1. The minimum Gasteiger partial charge on any atom is -0.444 e. The van der Waals surface area contributed by atoms with Crippen molar-refractivity contribution >= 4 is 23.5 Å². The maximum atomic E-state index is 11.4. The van der Waals surface area contributed by atoms with Gasteiger partial charge >= 0.3 is 6.09 Å². The molecule has 0 radical (unpaired) electrons. The Morgan fingerprint density at radius 2 is 2.24 bits per heavy atom. The summed E-state index contributed by atoms with van der Waals surface area (Å²) in [4.78, 5) is 15.3. The summed E-state index contributed by atoms with van der Waals surface area (Å²) in [5, 5.41) is 11.3. The summed E-state index contributed by atoms with van der Waals surface area (Å²) in [6, 6.07) is 3.27. The molecule has 6 heteroatoms. The highest BCUT2D eigenvalue weighted by atomic mass is 35.5. The molecule has 5 nitrogen and oxygen atoms in total. The van der Waals surface area contributed by atoms with Crippen LogP contribution in [0.4, 0.5) is 10.6 Å². The highest BCUT2D eigenvalue weighted by molar-refractivity contribution is 6.31. The van der Waals surface area contributed by atoms with Crippen LogP contribution >= 0.6 is 11.6 Å². The van der Waals surface area contributed by atoms with Crippen LogP contribution in [-0.4, -0.2) is 16.7 Å². The van der Waals surface area contributed by atoms with E-state index in [9.17, 15) is 4.79 Å². The largest absolute Gasteiger partial charge is 0.444 e. The van der Waals surface area contributed by atoms with Crippen LogP contribution in [0, 0.1) is 11.3 Å². The number of aromatic nitrogens is 1. The molecule has 1 heterocycles. The van der Waals surface area contributed by atoms with Gasteiger partial charge in [0.05, 0.1) is 10.6 Å². The van der Waals surface area contributed by atoms with Crippen LogP contribution < -0.4 is 5.32 Å². The van der Waals surface area contributed by atoms with Gasteiger partial charge in [-0.05, 0) is 20.8 Å². The molecule has 0 aromatic carbocycles. The second-order valence-electron chi connectivity index (χ2n) is 4.29. The van der Waals surface area contributed by atoms with Gasteiger partial charge in [0.25, 0.3) is 0 Å². The number of anilines is 1. The summed E-state index contributed by atoms with van der Waals surface area (Å²) in [7, 11) is 0. The number of pyridine rings is 1. The first-order chi connectivity index (χ1) is 7.81. The van der Waals surface area contributed by atoms with Crippen LogP contribution in [-0.2, 0) is 4.74 Å². The van der Waals surface area contributed by atoms with Crippen molar-refractivity contribution in [3.05, 3.63) is 22.8 Å². The number of hydrogen-bond acceptors (Lipinski definition) is 4. The predicted octanol–water partition coefficient (Wildman–Crippen LogP) is 2.95. The van der Waals surface area contributed by atoms with E-state index >= 15 is 0 Å². The Hall–Kier alpha value is -1.80. The minimum absolute atomic E-state index is 0.230. The van der Waals surface area contributed by atoms with E-state index in [4.69, 9.17) is 21.6 Å². The zero-order chi connectivity index (χ0) is 13.1. The number of halogens is 1. The van der Waals surface area contributed by atoms with Crippen molar-refractivity contribution in [3.8, 4) is 6.07 Å². The van der Waals surface area contributed by atoms with Gasteiger partial charge in [-0.15, -0.1) is 0 Å². The fourth-order valence-corrected chi connectivity index (χ4v) is 1.18. The van der Waals surface area contributed by atoms with Crippen molar-refractivity contribution < 1.29 is 9.53 Å². The molecule has 0 aliphatic carbocycles. The molecule has 0 saturated heterocycles. The van der Waals surface area contributed by atoms with E-state index in [0.717, 1.165) is 0 Å². The Bertz CT molecular complexity index is 475. The van der Waals surface area contributed by atoms with Crippen molar-refractivity contribution in [2.75, 3.05) is 5.32 Å². The zero-order valence-electron chi connectivity index (χ0n) is 9.74. The molecule has 1 rings (SSSR count). The molecule has 1 aromatic rings. The summed E-state index contributed by atoms with van der Waals surface area (Å²) in [5.74, 6) is 0.239. The summed E-state index contributed by atoms with van der Waals surface area (Å²) in [6.07, 6.45) is 0.667. The van der Waals surface area contributed by atoms with Gasteiger partial charge in [0.2, 0.25) is 0 Å². The third-order valence-corrected chi connectivity index (χ3v) is 1.92. The first-order valence-electron chi connectivity index (χ1n) is 4.87. The van der Waals surface area contributed by atoms with Crippen LogP contribution in [0.2, 0.25) is 5.02 Å². The number of hydrogen-bond donors (Lipinski definition) is 1. The van der Waals surface area contributed by atoms with Crippen LogP contribution in [0.15, 0.2) is 12.3 Å². The van der Waals surface area contributed by atoms with Gasteiger partial charge in [-0.1, -0.05) is 11.6 Å². The maximum Gasteiger partial charge on any atom is 0.413 e. The zero-order valence-corrected chi connectivity index (χ0v) is 10.5. The van der Waals surface area contributed by atoms with Gasteiger partial charge in [-0.25, -0.2) is 9.78 Å². The number of carbonyl (C=O) groups excluding carboxylic acids is 1. The van der Waals surface area contributed by atoms with E-state index in [1.165, 1.54) is 12.3 Å². The number of rotatable bonds is 1. The lowest BCUT2D eigenvalue weighted by Crippen LogP contribution is -2.27. The van der Waals surface area contributed by atoms with Gasteiger partial charge in [-0.3, -0.25) is 5.32 Å². The smallest absolute Gasteiger partial charge is 0.413 e. The van der Waals surface area contributed by atoms with Gasteiger partial charge in [0, 0.05) is 12.3 Å². The molecular formula is C11H12ClN3O2. The molecule has 0 fully saturated rings. The third kappa shape index (κ3) is 4.29. The molecule has 0 aliphatic rings. The first kappa shape index (κ1) is 13.3. The van der Waals surface area contributed by atoms with E-state index in [-0.39, 0.29) is 16.4 Å². The van der Waals surface area contributed by atoms with Crippen LogP contribution in [0.1, 0.15) is 26.3 Å². The highest BCUT2D eigenvalue weighted by Gasteiger charge is 2.16. The molecule has 17 heavy (non-hydrogen) atoms. The molecule has 0 aliphatic heterocycles. The van der Waals surface area contributed by atoms with Crippen molar-refractivity contribution in [2.24, 2.45) is 0 Å². The summed E-state index contributed by atoms with van der Waals surface area (Å²) >= 11 is 5.79. The normalized spacial score (nSPS) is 10.5. The monoisotopic (exact) mass is 253 g/mol. The lowest BCUT2D eigenvalue weighted by Gasteiger charge is -2.19. The summed E-state index contributed by atoms with van der Waals surface area (Å²) in [6.45, 7) is 5.27. The molecule has 90 valence electrons. The van der Waals surface area contributed by atoms with Gasteiger partial charge in [-0.2, -0.15) is 5.26 Å².